The van der Waals surface area contributed by atoms with E-state index in [0.29, 0.717) is 0 Å². The molecule has 9 rings (SSSR count). The topological polar surface area (TPSA) is 42.5 Å². The molecule has 0 saturated carbocycles. The lowest BCUT2D eigenvalue weighted by atomic mass is 9.97. The third-order valence-corrected chi connectivity index (χ3v) is 8.43. The molecule has 0 aliphatic carbocycles. The third-order valence-electron chi connectivity index (χ3n) is 8.43. The largest absolute Gasteiger partial charge is 0.454 e. The second-order valence-electron chi connectivity index (χ2n) is 10.8. The normalized spacial score (nSPS) is 14.8. The number of nitrogens with one attached hydrogen (secondary N) is 1. The molecular formula is C38H25N3O. The Bertz CT molecular complexity index is 2320. The van der Waals surface area contributed by atoms with Crippen LogP contribution in [0.1, 0.15) is 22.9 Å². The summed E-state index contributed by atoms with van der Waals surface area (Å²) in [5, 5.41) is 8.32. The average molecular weight is 540 g/mol. The molecule has 4 heteroatoms. The minimum absolute atomic E-state index is 0.190. The van der Waals surface area contributed by atoms with Gasteiger partial charge in [-0.3, -0.25) is 4.99 Å². The van der Waals surface area contributed by atoms with Crippen LogP contribution in [0.15, 0.2) is 149 Å². The maximum absolute atomic E-state index is 6.51. The van der Waals surface area contributed by atoms with E-state index in [4.69, 9.17) is 9.41 Å². The molecule has 198 valence electrons. The van der Waals surface area contributed by atoms with Crippen molar-refractivity contribution in [1.29, 1.82) is 0 Å². The molecule has 0 saturated heterocycles. The Morgan fingerprint density at radius 1 is 0.595 bits per heavy atom. The number of benzene rings is 6. The number of anilines is 1. The number of aromatic nitrogens is 1. The van der Waals surface area contributed by atoms with Crippen molar-refractivity contribution in [3.8, 4) is 5.69 Å². The van der Waals surface area contributed by atoms with Crippen molar-refractivity contribution in [3.63, 3.8) is 0 Å². The fourth-order valence-corrected chi connectivity index (χ4v) is 6.48. The van der Waals surface area contributed by atoms with E-state index in [1.165, 1.54) is 10.8 Å². The summed E-state index contributed by atoms with van der Waals surface area (Å²) in [6, 6.07) is 48.9. The van der Waals surface area contributed by atoms with Crippen molar-refractivity contribution in [1.82, 2.24) is 4.57 Å². The molecule has 4 nitrogen and oxygen atoms in total. The fourth-order valence-electron chi connectivity index (χ4n) is 6.48. The molecule has 0 radical (unpaired) electrons. The smallest absolute Gasteiger partial charge is 0.160 e. The second-order valence-corrected chi connectivity index (χ2v) is 10.8. The molecule has 1 unspecified atom stereocenters. The van der Waals surface area contributed by atoms with Gasteiger partial charge in [0.25, 0.3) is 0 Å². The quantitative estimate of drug-likeness (QED) is 0.243. The van der Waals surface area contributed by atoms with Crippen LogP contribution in [0.3, 0.4) is 0 Å². The third kappa shape index (κ3) is 3.39. The summed E-state index contributed by atoms with van der Waals surface area (Å²) in [6.45, 7) is 0. The van der Waals surface area contributed by atoms with Crippen LogP contribution in [-0.4, -0.2) is 10.3 Å². The van der Waals surface area contributed by atoms with Gasteiger partial charge in [-0.15, -0.1) is 0 Å². The van der Waals surface area contributed by atoms with Crippen LogP contribution < -0.4 is 5.32 Å². The first-order valence-electron chi connectivity index (χ1n) is 14.3. The van der Waals surface area contributed by atoms with Gasteiger partial charge in [-0.2, -0.15) is 0 Å². The molecule has 0 spiro atoms. The van der Waals surface area contributed by atoms with Crippen LogP contribution in [0.2, 0.25) is 0 Å². The highest BCUT2D eigenvalue weighted by molar-refractivity contribution is 6.21. The first kappa shape index (κ1) is 23.1. The maximum atomic E-state index is 6.51. The first-order valence-corrected chi connectivity index (χ1v) is 14.3. The Balaban J connectivity index is 1.21. The van der Waals surface area contributed by atoms with Gasteiger partial charge in [-0.1, -0.05) is 103 Å². The first-order chi connectivity index (χ1) is 20.8. The van der Waals surface area contributed by atoms with Gasteiger partial charge < -0.3 is 14.3 Å². The molecule has 1 atom stereocenters. The van der Waals surface area contributed by atoms with Gasteiger partial charge in [0, 0.05) is 44.0 Å². The zero-order chi connectivity index (χ0) is 27.6. The molecule has 0 amide bonds. The minimum Gasteiger partial charge on any atom is -0.454 e. The number of rotatable bonds is 3. The summed E-state index contributed by atoms with van der Waals surface area (Å²) < 4.78 is 8.85. The van der Waals surface area contributed by atoms with Crippen molar-refractivity contribution >= 4 is 55.1 Å². The molecule has 3 heterocycles. The van der Waals surface area contributed by atoms with E-state index in [2.05, 4.69) is 131 Å². The van der Waals surface area contributed by atoms with E-state index in [1.807, 2.05) is 18.2 Å². The molecule has 6 aromatic carbocycles. The minimum atomic E-state index is -0.190. The average Bonchev–Trinajstić information content (AvgIpc) is 3.61. The Labute approximate surface area is 242 Å². The van der Waals surface area contributed by atoms with Crippen molar-refractivity contribution in [2.24, 2.45) is 4.99 Å². The Hall–Kier alpha value is -5.61. The Morgan fingerprint density at radius 2 is 1.31 bits per heavy atom. The van der Waals surface area contributed by atoms with Gasteiger partial charge in [-0.25, -0.2) is 0 Å². The van der Waals surface area contributed by atoms with E-state index in [1.54, 1.807) is 0 Å². The summed E-state index contributed by atoms with van der Waals surface area (Å²) in [5.74, 6) is 0. The number of nitrogens with zero attached hydrogens (tertiary/aromatic N) is 2. The highest BCUT2D eigenvalue weighted by atomic mass is 16.3. The fraction of sp³-hybridized carbons (Fsp3) is 0.0263. The zero-order valence-electron chi connectivity index (χ0n) is 22.7. The number of fused-ring (bicyclic) bond motifs is 8. The van der Waals surface area contributed by atoms with E-state index in [-0.39, 0.29) is 6.17 Å². The SMILES string of the molecule is c1ccc(C2=NC(c3ccc(-n4c5ccccc5c5ccc6c7ccccc7oc6c54)cc3)Nc3ccccc32)cc1. The van der Waals surface area contributed by atoms with E-state index in [0.717, 1.165) is 66.7 Å². The van der Waals surface area contributed by atoms with Crippen LogP contribution in [0.25, 0.3) is 49.4 Å². The lowest BCUT2D eigenvalue weighted by Crippen LogP contribution is -2.20. The predicted molar refractivity (Wildman–Crippen MR) is 173 cm³/mol. The highest BCUT2D eigenvalue weighted by Crippen LogP contribution is 2.40. The number of para-hydroxylation sites is 3. The molecule has 2 aromatic heterocycles. The van der Waals surface area contributed by atoms with Gasteiger partial charge >= 0.3 is 0 Å². The van der Waals surface area contributed by atoms with Crippen LogP contribution in [0.5, 0.6) is 0 Å². The molecule has 0 bridgehead atoms. The molecular weight excluding hydrogens is 514 g/mol. The molecule has 1 N–H and O–H groups in total. The lowest BCUT2D eigenvalue weighted by Gasteiger charge is -2.26. The van der Waals surface area contributed by atoms with Crippen molar-refractivity contribution in [2.75, 3.05) is 5.32 Å². The number of aliphatic imine (C=N–C) groups is 1. The standard InChI is InChI=1S/C38H25N3O/c1-2-10-24(11-3-1)35-31-14-4-7-15-32(31)39-38(40-35)25-18-20-26(21-19-25)41-33-16-8-5-12-27(33)29-22-23-30-28-13-6-9-17-34(28)42-37(30)36(29)41/h1-23,38-39H. The van der Waals surface area contributed by atoms with E-state index >= 15 is 0 Å². The summed E-state index contributed by atoms with van der Waals surface area (Å²) in [4.78, 5) is 5.20. The number of hydrogen-bond acceptors (Lipinski definition) is 3. The molecule has 8 aromatic rings. The Morgan fingerprint density at radius 3 is 2.19 bits per heavy atom. The highest BCUT2D eigenvalue weighted by Gasteiger charge is 2.23. The summed E-state index contributed by atoms with van der Waals surface area (Å²) in [7, 11) is 0. The molecule has 1 aliphatic heterocycles. The van der Waals surface area contributed by atoms with Crippen LogP contribution in [-0.2, 0) is 0 Å². The molecule has 42 heavy (non-hydrogen) atoms. The number of furan rings is 1. The molecule has 0 fully saturated rings. The van der Waals surface area contributed by atoms with Gasteiger partial charge in [0.05, 0.1) is 16.7 Å². The maximum Gasteiger partial charge on any atom is 0.160 e. The summed E-state index contributed by atoms with van der Waals surface area (Å²) >= 11 is 0. The van der Waals surface area contributed by atoms with Crippen molar-refractivity contribution in [2.45, 2.75) is 6.17 Å². The van der Waals surface area contributed by atoms with Gasteiger partial charge in [0.1, 0.15) is 11.7 Å². The summed E-state index contributed by atoms with van der Waals surface area (Å²) in [6.07, 6.45) is -0.190. The van der Waals surface area contributed by atoms with E-state index < -0.39 is 0 Å². The second kappa shape index (κ2) is 8.95. The number of hydrogen-bond donors (Lipinski definition) is 1. The van der Waals surface area contributed by atoms with Crippen molar-refractivity contribution < 1.29 is 4.42 Å². The zero-order valence-corrected chi connectivity index (χ0v) is 22.7. The van der Waals surface area contributed by atoms with E-state index in [9.17, 15) is 0 Å². The van der Waals surface area contributed by atoms with Crippen molar-refractivity contribution in [3.05, 3.63) is 156 Å². The van der Waals surface area contributed by atoms with Crippen LogP contribution in [0, 0.1) is 0 Å². The molecule has 1 aliphatic rings. The lowest BCUT2D eigenvalue weighted by molar-refractivity contribution is 0.671. The van der Waals surface area contributed by atoms with Gasteiger partial charge in [-0.05, 0) is 42.0 Å². The van der Waals surface area contributed by atoms with Gasteiger partial charge in [0.15, 0.2) is 5.58 Å². The monoisotopic (exact) mass is 539 g/mol. The Kier molecular flexibility index (Phi) is 4.93. The van der Waals surface area contributed by atoms with Gasteiger partial charge in [0.2, 0.25) is 0 Å². The van der Waals surface area contributed by atoms with Crippen LogP contribution in [0.4, 0.5) is 5.69 Å². The predicted octanol–water partition coefficient (Wildman–Crippen LogP) is 9.64. The van der Waals surface area contributed by atoms with Crippen LogP contribution >= 0.6 is 0 Å². The summed E-state index contributed by atoms with van der Waals surface area (Å²) in [5.41, 5.74) is 10.6.